The molecule has 0 fully saturated rings. The molecule has 32 heavy (non-hydrogen) atoms. The summed E-state index contributed by atoms with van der Waals surface area (Å²) in [5.41, 5.74) is 2.67. The number of methoxy groups -OCH3 is 1. The van der Waals surface area contributed by atoms with Crippen LogP contribution in [0.15, 0.2) is 60.9 Å². The van der Waals surface area contributed by atoms with Crippen LogP contribution < -0.4 is 15.4 Å². The third-order valence-electron chi connectivity index (χ3n) is 4.43. The van der Waals surface area contributed by atoms with Crippen LogP contribution in [0.3, 0.4) is 0 Å². The van der Waals surface area contributed by atoms with Gasteiger partial charge in [0.1, 0.15) is 5.75 Å². The van der Waals surface area contributed by atoms with Crippen LogP contribution in [0.1, 0.15) is 18.9 Å². The minimum atomic E-state index is -0.520. The van der Waals surface area contributed by atoms with E-state index in [9.17, 15) is 14.4 Å². The molecule has 0 aliphatic rings. The van der Waals surface area contributed by atoms with Crippen molar-refractivity contribution in [2.45, 2.75) is 19.8 Å². The minimum absolute atomic E-state index is 0.120. The molecule has 0 saturated carbocycles. The highest BCUT2D eigenvalue weighted by Gasteiger charge is 2.12. The van der Waals surface area contributed by atoms with Crippen molar-refractivity contribution in [2.75, 3.05) is 24.4 Å². The molecule has 3 rings (SSSR count). The number of aromatic nitrogens is 2. The minimum Gasteiger partial charge on any atom is -0.495 e. The highest BCUT2D eigenvalue weighted by atomic mass is 16.5. The smallest absolute Gasteiger partial charge is 0.306 e. The number of anilines is 2. The Morgan fingerprint density at radius 2 is 1.84 bits per heavy atom. The zero-order valence-electron chi connectivity index (χ0n) is 17.8. The maximum absolute atomic E-state index is 12.2. The lowest BCUT2D eigenvalue weighted by Crippen LogP contribution is -2.21. The molecule has 2 amide bonds. The first-order valence-electron chi connectivity index (χ1n) is 9.94. The predicted molar refractivity (Wildman–Crippen MR) is 119 cm³/mol. The van der Waals surface area contributed by atoms with E-state index in [1.54, 1.807) is 29.1 Å². The lowest BCUT2D eigenvalue weighted by molar-refractivity contribution is -0.147. The number of nitrogens with zero attached hydrogens (tertiary/aromatic N) is 2. The quantitative estimate of drug-likeness (QED) is 0.499. The zero-order valence-corrected chi connectivity index (χ0v) is 17.8. The summed E-state index contributed by atoms with van der Waals surface area (Å²) in [6, 6.07) is 14.5. The molecule has 1 aromatic heterocycles. The monoisotopic (exact) mass is 436 g/mol. The second-order valence-corrected chi connectivity index (χ2v) is 6.93. The van der Waals surface area contributed by atoms with E-state index in [0.29, 0.717) is 23.5 Å². The summed E-state index contributed by atoms with van der Waals surface area (Å²) in [5, 5.41) is 9.54. The summed E-state index contributed by atoms with van der Waals surface area (Å²) in [4.78, 5) is 35.5. The van der Waals surface area contributed by atoms with Gasteiger partial charge in [-0.1, -0.05) is 18.2 Å². The molecular weight excluding hydrogens is 412 g/mol. The molecule has 2 N–H and O–H groups in total. The van der Waals surface area contributed by atoms with Crippen LogP contribution in [0.25, 0.3) is 5.69 Å². The number of ether oxygens (including phenoxy) is 2. The topological polar surface area (TPSA) is 112 Å². The van der Waals surface area contributed by atoms with Gasteiger partial charge in [0.25, 0.3) is 5.91 Å². The van der Waals surface area contributed by atoms with Crippen LogP contribution in [0.4, 0.5) is 11.4 Å². The van der Waals surface area contributed by atoms with Crippen molar-refractivity contribution in [3.8, 4) is 11.4 Å². The van der Waals surface area contributed by atoms with Gasteiger partial charge in [0.15, 0.2) is 6.61 Å². The van der Waals surface area contributed by atoms with Crippen LogP contribution >= 0.6 is 0 Å². The molecule has 0 aliphatic carbocycles. The molecule has 166 valence electrons. The second-order valence-electron chi connectivity index (χ2n) is 6.93. The lowest BCUT2D eigenvalue weighted by Gasteiger charge is -2.12. The molecular formula is C23H24N4O5. The lowest BCUT2D eigenvalue weighted by atomic mass is 10.2. The maximum Gasteiger partial charge on any atom is 0.306 e. The van der Waals surface area contributed by atoms with Gasteiger partial charge < -0.3 is 20.1 Å². The van der Waals surface area contributed by atoms with Crippen LogP contribution in [0.5, 0.6) is 5.75 Å². The van der Waals surface area contributed by atoms with E-state index in [-0.39, 0.29) is 12.3 Å². The van der Waals surface area contributed by atoms with E-state index in [1.165, 1.54) is 14.0 Å². The number of carbonyl (C=O) groups is 3. The van der Waals surface area contributed by atoms with Gasteiger partial charge in [0, 0.05) is 25.2 Å². The highest BCUT2D eigenvalue weighted by molar-refractivity contribution is 5.96. The average molecular weight is 436 g/mol. The molecule has 0 aliphatic heterocycles. The van der Waals surface area contributed by atoms with Crippen molar-refractivity contribution < 1.29 is 23.9 Å². The first-order valence-corrected chi connectivity index (χ1v) is 9.94. The van der Waals surface area contributed by atoms with Crippen LogP contribution in [0.2, 0.25) is 0 Å². The number of esters is 1. The van der Waals surface area contributed by atoms with Crippen molar-refractivity contribution in [3.05, 3.63) is 66.5 Å². The molecule has 0 saturated heterocycles. The van der Waals surface area contributed by atoms with Gasteiger partial charge in [-0.05, 0) is 42.3 Å². The molecule has 0 atom stereocenters. The van der Waals surface area contributed by atoms with Crippen LogP contribution in [-0.4, -0.2) is 41.3 Å². The fourth-order valence-corrected chi connectivity index (χ4v) is 2.95. The number of hydrogen-bond donors (Lipinski definition) is 2. The molecule has 1 heterocycles. The summed E-state index contributed by atoms with van der Waals surface area (Å²) < 4.78 is 12.0. The van der Waals surface area contributed by atoms with Gasteiger partial charge in [-0.2, -0.15) is 5.10 Å². The second kappa shape index (κ2) is 10.8. The standard InChI is InChI=1S/C23H24N4O5/c1-16(28)25-18-9-10-21(31-2)20(12-18)26-22(29)15-32-23(30)11-8-17-13-24-27(14-17)19-6-4-3-5-7-19/h3-7,9-10,12-14H,8,11,15H2,1-2H3,(H,25,28)(H,26,29). The summed E-state index contributed by atoms with van der Waals surface area (Å²) in [6.45, 7) is 0.949. The normalized spacial score (nSPS) is 10.3. The maximum atomic E-state index is 12.2. The number of nitrogens with one attached hydrogen (secondary N) is 2. The predicted octanol–water partition coefficient (Wildman–Crippen LogP) is 2.95. The van der Waals surface area contributed by atoms with Crippen molar-refractivity contribution in [1.29, 1.82) is 0 Å². The van der Waals surface area contributed by atoms with Crippen LogP contribution in [-0.2, 0) is 25.5 Å². The van der Waals surface area contributed by atoms with E-state index in [0.717, 1.165) is 11.3 Å². The Kier molecular flexibility index (Phi) is 7.58. The molecule has 0 radical (unpaired) electrons. The number of carbonyl (C=O) groups excluding carboxylic acids is 3. The van der Waals surface area contributed by atoms with Gasteiger partial charge in [-0.15, -0.1) is 0 Å². The van der Waals surface area contributed by atoms with Crippen LogP contribution in [0, 0.1) is 0 Å². The molecule has 0 spiro atoms. The molecule has 9 heteroatoms. The highest BCUT2D eigenvalue weighted by Crippen LogP contribution is 2.27. The van der Waals surface area contributed by atoms with Gasteiger partial charge in [-0.3, -0.25) is 14.4 Å². The van der Waals surface area contributed by atoms with E-state index < -0.39 is 18.5 Å². The Bertz CT molecular complexity index is 1090. The van der Waals surface area contributed by atoms with Gasteiger partial charge in [0.05, 0.1) is 24.7 Å². The molecule has 9 nitrogen and oxygen atoms in total. The third kappa shape index (κ3) is 6.43. The Hall–Kier alpha value is -4.14. The van der Waals surface area contributed by atoms with E-state index in [2.05, 4.69) is 15.7 Å². The third-order valence-corrected chi connectivity index (χ3v) is 4.43. The summed E-state index contributed by atoms with van der Waals surface area (Å²) in [7, 11) is 1.46. The molecule has 2 aromatic carbocycles. The Balaban J connectivity index is 1.47. The van der Waals surface area contributed by atoms with E-state index in [1.807, 2.05) is 36.5 Å². The number of aryl methyl sites for hydroxylation is 1. The SMILES string of the molecule is COc1ccc(NC(C)=O)cc1NC(=O)COC(=O)CCc1cnn(-c2ccccc2)c1. The largest absolute Gasteiger partial charge is 0.495 e. The Labute approximate surface area is 185 Å². The van der Waals surface area contributed by atoms with Crippen molar-refractivity contribution in [1.82, 2.24) is 9.78 Å². The first-order chi connectivity index (χ1) is 15.4. The number of hydrogen-bond acceptors (Lipinski definition) is 6. The summed E-state index contributed by atoms with van der Waals surface area (Å²) in [5.74, 6) is -0.843. The van der Waals surface area contributed by atoms with Crippen molar-refractivity contribution >= 4 is 29.2 Å². The number of rotatable bonds is 9. The Morgan fingerprint density at radius 3 is 2.56 bits per heavy atom. The molecule has 0 unspecified atom stereocenters. The fraction of sp³-hybridized carbons (Fsp3) is 0.217. The number of benzene rings is 2. The zero-order chi connectivity index (χ0) is 22.9. The Morgan fingerprint density at radius 1 is 1.06 bits per heavy atom. The number of amides is 2. The van der Waals surface area contributed by atoms with E-state index >= 15 is 0 Å². The summed E-state index contributed by atoms with van der Waals surface area (Å²) in [6.07, 6.45) is 4.11. The average Bonchev–Trinajstić information content (AvgIpc) is 3.26. The van der Waals surface area contributed by atoms with Crippen molar-refractivity contribution in [3.63, 3.8) is 0 Å². The van der Waals surface area contributed by atoms with Gasteiger partial charge >= 0.3 is 5.97 Å². The first kappa shape index (κ1) is 22.5. The van der Waals surface area contributed by atoms with Gasteiger partial charge in [0.2, 0.25) is 5.91 Å². The van der Waals surface area contributed by atoms with Crippen molar-refractivity contribution in [2.24, 2.45) is 0 Å². The van der Waals surface area contributed by atoms with E-state index in [4.69, 9.17) is 9.47 Å². The molecule has 0 bridgehead atoms. The number of para-hydroxylation sites is 1. The fourth-order valence-electron chi connectivity index (χ4n) is 2.95. The van der Waals surface area contributed by atoms with Gasteiger partial charge in [-0.25, -0.2) is 4.68 Å². The summed E-state index contributed by atoms with van der Waals surface area (Å²) >= 11 is 0. The molecule has 3 aromatic rings.